The summed E-state index contributed by atoms with van der Waals surface area (Å²) < 4.78 is 39.5. The number of rotatable bonds is 9. The molecule has 2 saturated heterocycles. The number of amides is 3. The van der Waals surface area contributed by atoms with E-state index in [1.54, 1.807) is 36.4 Å². The highest BCUT2D eigenvalue weighted by molar-refractivity contribution is 5.90. The van der Waals surface area contributed by atoms with Crippen LogP contribution in [0, 0.1) is 6.92 Å². The van der Waals surface area contributed by atoms with Crippen molar-refractivity contribution in [2.45, 2.75) is 62.9 Å². The second kappa shape index (κ2) is 12.5. The molecule has 2 aromatic carbocycles. The van der Waals surface area contributed by atoms with Gasteiger partial charge in [0, 0.05) is 19.4 Å². The van der Waals surface area contributed by atoms with Crippen LogP contribution >= 0.6 is 0 Å². The number of hydrogen-bond acceptors (Lipinski definition) is 6. The van der Waals surface area contributed by atoms with Crippen molar-refractivity contribution in [1.82, 2.24) is 15.5 Å². The number of hydrogen-bond donors (Lipinski definition) is 3. The molecule has 0 saturated carbocycles. The summed E-state index contributed by atoms with van der Waals surface area (Å²) in [5.74, 6) is -5.14. The third-order valence-corrected chi connectivity index (χ3v) is 6.97. The van der Waals surface area contributed by atoms with Crippen LogP contribution in [-0.4, -0.2) is 77.9 Å². The largest absolute Gasteiger partial charge is 0.444 e. The van der Waals surface area contributed by atoms with Gasteiger partial charge in [-0.3, -0.25) is 9.59 Å². The van der Waals surface area contributed by atoms with Gasteiger partial charge in [0.05, 0.1) is 25.8 Å². The molecule has 2 aliphatic heterocycles. The highest BCUT2D eigenvalue weighted by atomic mass is 19.3. The van der Waals surface area contributed by atoms with Gasteiger partial charge in [0.1, 0.15) is 12.1 Å². The minimum absolute atomic E-state index is 0.0262. The van der Waals surface area contributed by atoms with E-state index in [2.05, 4.69) is 10.6 Å². The third-order valence-electron chi connectivity index (χ3n) is 6.97. The lowest BCUT2D eigenvalue weighted by Gasteiger charge is -2.30. The van der Waals surface area contributed by atoms with Gasteiger partial charge in [-0.05, 0) is 30.0 Å². The predicted octanol–water partition coefficient (Wildman–Crippen LogP) is 2.33. The molecule has 0 aliphatic carbocycles. The molecule has 3 N–H and O–H groups in total. The number of halogens is 2. The summed E-state index contributed by atoms with van der Waals surface area (Å²) in [6.07, 6.45) is -3.56. The summed E-state index contributed by atoms with van der Waals surface area (Å²) in [6, 6.07) is 13.4. The van der Waals surface area contributed by atoms with Crippen LogP contribution in [-0.2, 0) is 32.0 Å². The van der Waals surface area contributed by atoms with Crippen molar-refractivity contribution in [3.63, 3.8) is 0 Å². The number of benzene rings is 2. The van der Waals surface area contributed by atoms with Crippen molar-refractivity contribution >= 4 is 17.9 Å². The van der Waals surface area contributed by atoms with Crippen LogP contribution < -0.4 is 10.6 Å². The summed E-state index contributed by atoms with van der Waals surface area (Å²) in [4.78, 5) is 39.6. The molecule has 2 aromatic rings. The smallest absolute Gasteiger partial charge is 0.407 e. The normalized spacial score (nSPS) is 21.7. The van der Waals surface area contributed by atoms with E-state index in [1.165, 1.54) is 0 Å². The van der Waals surface area contributed by atoms with Gasteiger partial charge in [0.25, 0.3) is 11.8 Å². The van der Waals surface area contributed by atoms with Crippen LogP contribution in [0.15, 0.2) is 54.6 Å². The van der Waals surface area contributed by atoms with E-state index in [1.807, 2.05) is 25.1 Å². The molecular formula is C28H33F2N3O6. The molecule has 0 aromatic heterocycles. The van der Waals surface area contributed by atoms with Crippen LogP contribution in [0.3, 0.4) is 0 Å². The number of carbonyl (C=O) groups excluding carboxylic acids is 3. The first-order valence-electron chi connectivity index (χ1n) is 12.9. The van der Waals surface area contributed by atoms with Gasteiger partial charge in [-0.25, -0.2) is 13.6 Å². The van der Waals surface area contributed by atoms with Crippen molar-refractivity contribution < 1.29 is 37.7 Å². The molecule has 0 bridgehead atoms. The number of alkyl carbamates (subject to hydrolysis) is 1. The Bertz CT molecular complexity index is 1160. The number of likely N-dealkylation sites (tertiary alicyclic amines) is 1. The Morgan fingerprint density at radius 2 is 1.87 bits per heavy atom. The molecule has 9 nitrogen and oxygen atoms in total. The van der Waals surface area contributed by atoms with Crippen LogP contribution in [0.2, 0.25) is 0 Å². The van der Waals surface area contributed by atoms with E-state index in [0.717, 1.165) is 11.1 Å². The second-order valence-electron chi connectivity index (χ2n) is 9.96. The summed E-state index contributed by atoms with van der Waals surface area (Å²) >= 11 is 0. The molecule has 2 fully saturated rings. The van der Waals surface area contributed by atoms with E-state index < -0.39 is 61.1 Å². The highest BCUT2D eigenvalue weighted by Crippen LogP contribution is 2.33. The number of ether oxygens (including phenoxy) is 2. The molecule has 11 heteroatoms. The van der Waals surface area contributed by atoms with Gasteiger partial charge in [-0.1, -0.05) is 54.6 Å². The number of aliphatic hydroxyl groups excluding tert-OH is 1. The van der Waals surface area contributed by atoms with Crippen LogP contribution in [0.25, 0.3) is 0 Å². The van der Waals surface area contributed by atoms with Crippen LogP contribution in [0.4, 0.5) is 13.6 Å². The zero-order valence-electron chi connectivity index (χ0n) is 21.6. The third kappa shape index (κ3) is 7.51. The molecule has 0 spiro atoms. The highest BCUT2D eigenvalue weighted by Gasteiger charge is 2.51. The Balaban J connectivity index is 1.48. The maximum Gasteiger partial charge on any atom is 0.407 e. The molecule has 2 aliphatic rings. The maximum atomic E-state index is 14.5. The predicted molar refractivity (Wildman–Crippen MR) is 137 cm³/mol. The van der Waals surface area contributed by atoms with Crippen LogP contribution in [0.5, 0.6) is 0 Å². The number of nitrogens with zero attached hydrogens (tertiary/aromatic N) is 1. The summed E-state index contributed by atoms with van der Waals surface area (Å²) in [7, 11) is 0. The fourth-order valence-electron chi connectivity index (χ4n) is 4.79. The van der Waals surface area contributed by atoms with Crippen molar-refractivity contribution in [3.05, 3.63) is 71.3 Å². The zero-order chi connectivity index (χ0) is 28.0. The first kappa shape index (κ1) is 28.4. The molecule has 4 rings (SSSR count). The number of nitrogens with one attached hydrogen (secondary N) is 2. The molecule has 4 unspecified atom stereocenters. The second-order valence-corrected chi connectivity index (χ2v) is 9.96. The standard InChI is InChI=1S/C28H33F2N3O6/c1-18-7-5-6-10-20(18)15-31-25(35)23-14-28(29,30)17-33(23)26(36)24(34)22(13-19-8-3-2-4-9-19)32-27(37)39-21-11-12-38-16-21/h2-10,21-24,34H,11-17H2,1H3,(H,31,35)(H,32,37). The summed E-state index contributed by atoms with van der Waals surface area (Å²) in [5.41, 5.74) is 2.42. The van der Waals surface area contributed by atoms with Gasteiger partial charge in [0.15, 0.2) is 6.10 Å². The van der Waals surface area contributed by atoms with Gasteiger partial charge >= 0.3 is 6.09 Å². The van der Waals surface area contributed by atoms with Crippen molar-refractivity contribution in [2.24, 2.45) is 0 Å². The minimum Gasteiger partial charge on any atom is -0.444 e. The van der Waals surface area contributed by atoms with Gasteiger partial charge in [-0.2, -0.15) is 0 Å². The molecule has 39 heavy (non-hydrogen) atoms. The SMILES string of the molecule is Cc1ccccc1CNC(=O)C1CC(F)(F)CN1C(=O)C(O)C(Cc1ccccc1)NC(=O)OC1CCOC1. The van der Waals surface area contributed by atoms with Gasteiger partial charge < -0.3 is 30.1 Å². The van der Waals surface area contributed by atoms with Crippen molar-refractivity contribution in [2.75, 3.05) is 19.8 Å². The minimum atomic E-state index is -3.32. The maximum absolute atomic E-state index is 14.5. The Morgan fingerprint density at radius 3 is 2.56 bits per heavy atom. The summed E-state index contributed by atoms with van der Waals surface area (Å²) in [5, 5.41) is 16.2. The van der Waals surface area contributed by atoms with Crippen molar-refractivity contribution in [3.8, 4) is 0 Å². The fraction of sp³-hybridized carbons (Fsp3) is 0.464. The Hall–Kier alpha value is -3.57. The molecule has 0 radical (unpaired) electrons. The zero-order valence-corrected chi connectivity index (χ0v) is 21.6. The number of carbonyl (C=O) groups is 3. The Labute approximate surface area is 225 Å². The molecule has 4 atom stereocenters. The van der Waals surface area contributed by atoms with Gasteiger partial charge in [-0.15, -0.1) is 0 Å². The van der Waals surface area contributed by atoms with E-state index in [9.17, 15) is 28.3 Å². The quantitative estimate of drug-likeness (QED) is 0.446. The van der Waals surface area contributed by atoms with E-state index >= 15 is 0 Å². The van der Waals surface area contributed by atoms with E-state index in [-0.39, 0.29) is 19.6 Å². The lowest BCUT2D eigenvalue weighted by atomic mass is 10.00. The van der Waals surface area contributed by atoms with Crippen LogP contribution in [0.1, 0.15) is 29.5 Å². The average Bonchev–Trinajstić information content (AvgIpc) is 3.54. The number of aliphatic hydroxyl groups is 1. The number of alkyl halides is 2. The lowest BCUT2D eigenvalue weighted by Crippen LogP contribution is -2.56. The van der Waals surface area contributed by atoms with E-state index in [4.69, 9.17) is 9.47 Å². The molecule has 3 amide bonds. The number of aryl methyl sites for hydroxylation is 1. The average molecular weight is 546 g/mol. The first-order valence-corrected chi connectivity index (χ1v) is 12.9. The topological polar surface area (TPSA) is 117 Å². The summed E-state index contributed by atoms with van der Waals surface area (Å²) in [6.45, 7) is 1.63. The molecular weight excluding hydrogens is 512 g/mol. The first-order chi connectivity index (χ1) is 18.6. The fourth-order valence-corrected chi connectivity index (χ4v) is 4.79. The lowest BCUT2D eigenvalue weighted by molar-refractivity contribution is -0.147. The van der Waals surface area contributed by atoms with E-state index in [0.29, 0.717) is 23.5 Å². The Kier molecular flexibility index (Phi) is 9.13. The molecule has 2 heterocycles. The monoisotopic (exact) mass is 545 g/mol. The Morgan fingerprint density at radius 1 is 1.15 bits per heavy atom. The van der Waals surface area contributed by atoms with Crippen molar-refractivity contribution in [1.29, 1.82) is 0 Å². The molecule has 210 valence electrons. The van der Waals surface area contributed by atoms with Gasteiger partial charge in [0.2, 0.25) is 5.91 Å².